The fourth-order valence-electron chi connectivity index (χ4n) is 13.2. The van der Waals surface area contributed by atoms with Crippen molar-refractivity contribution in [2.45, 2.75) is 5.41 Å². The van der Waals surface area contributed by atoms with E-state index in [0.717, 1.165) is 50.8 Å². The molecule has 0 unspecified atom stereocenters. The van der Waals surface area contributed by atoms with Gasteiger partial charge in [0.15, 0.2) is 0 Å². The molecule has 0 saturated carbocycles. The molecular weight excluding hydrogens is 1000 g/mol. The van der Waals surface area contributed by atoms with Gasteiger partial charge in [0.25, 0.3) is 0 Å². The molecule has 14 aromatic carbocycles. The van der Waals surface area contributed by atoms with Crippen LogP contribution in [0.2, 0.25) is 0 Å². The zero-order chi connectivity index (χ0) is 55.1. The van der Waals surface area contributed by atoms with Crippen LogP contribution in [0.1, 0.15) is 22.3 Å². The SMILES string of the molecule is c1ccc(-c2ccc3c(c2)C(c2ccccc2)(c2ccccc2)c2cc(N(c4ccccc4)c4cc(-c5ccc6ccccc6c5-c5ccccc5)cc(N(c5ccccc5)c5ccc6ccccc6c5-c5ccccc5)c4)ccc2-3)cc1. The normalized spacial score (nSPS) is 12.2. The van der Waals surface area contributed by atoms with Crippen molar-refractivity contribution in [3.63, 3.8) is 0 Å². The minimum Gasteiger partial charge on any atom is -0.310 e. The molecule has 0 aliphatic heterocycles. The van der Waals surface area contributed by atoms with E-state index in [2.05, 4.69) is 350 Å². The Bertz CT molecular complexity index is 4600. The van der Waals surface area contributed by atoms with Crippen molar-refractivity contribution in [1.29, 1.82) is 0 Å². The maximum Gasteiger partial charge on any atom is 0.0714 e. The summed E-state index contributed by atoms with van der Waals surface area (Å²) in [7, 11) is 0. The summed E-state index contributed by atoms with van der Waals surface area (Å²) in [6.07, 6.45) is 0. The molecule has 0 bridgehead atoms. The minimum absolute atomic E-state index is 0.660. The Hall–Kier alpha value is -10.8. The van der Waals surface area contributed by atoms with Gasteiger partial charge in [-0.2, -0.15) is 0 Å². The van der Waals surface area contributed by atoms with E-state index >= 15 is 0 Å². The Balaban J connectivity index is 1.03. The number of anilines is 6. The van der Waals surface area contributed by atoms with Crippen molar-refractivity contribution < 1.29 is 0 Å². The van der Waals surface area contributed by atoms with Gasteiger partial charge in [-0.25, -0.2) is 0 Å². The van der Waals surface area contributed by atoms with Crippen molar-refractivity contribution in [3.8, 4) is 55.6 Å². The van der Waals surface area contributed by atoms with E-state index in [1.54, 1.807) is 0 Å². The van der Waals surface area contributed by atoms with Crippen LogP contribution in [0, 0.1) is 0 Å². The number of para-hydroxylation sites is 2. The highest BCUT2D eigenvalue weighted by Gasteiger charge is 2.46. The molecule has 0 saturated heterocycles. The molecule has 0 radical (unpaired) electrons. The molecule has 2 heteroatoms. The molecule has 1 aliphatic rings. The fourth-order valence-corrected chi connectivity index (χ4v) is 13.2. The fraction of sp³-hybridized carbons (Fsp3) is 0.0123. The van der Waals surface area contributed by atoms with Crippen LogP contribution in [0.5, 0.6) is 0 Å². The Kier molecular flexibility index (Phi) is 12.5. The molecule has 2 nitrogen and oxygen atoms in total. The van der Waals surface area contributed by atoms with Crippen LogP contribution >= 0.6 is 0 Å². The van der Waals surface area contributed by atoms with Gasteiger partial charge in [0.05, 0.1) is 11.1 Å². The molecule has 1 aliphatic carbocycles. The summed E-state index contributed by atoms with van der Waals surface area (Å²) in [6.45, 7) is 0. The van der Waals surface area contributed by atoms with Crippen molar-refractivity contribution in [2.24, 2.45) is 0 Å². The van der Waals surface area contributed by atoms with Crippen LogP contribution in [0.4, 0.5) is 34.1 Å². The van der Waals surface area contributed by atoms with E-state index in [1.807, 2.05) is 0 Å². The average Bonchev–Trinajstić information content (AvgIpc) is 2.22. The van der Waals surface area contributed by atoms with Crippen molar-refractivity contribution >= 4 is 55.7 Å². The number of hydrogen-bond acceptors (Lipinski definition) is 2. The second-order valence-corrected chi connectivity index (χ2v) is 21.5. The lowest BCUT2D eigenvalue weighted by Crippen LogP contribution is -2.28. The van der Waals surface area contributed by atoms with Crippen molar-refractivity contribution in [3.05, 3.63) is 362 Å². The first-order valence-electron chi connectivity index (χ1n) is 28.7. The molecule has 0 spiro atoms. The molecular formula is C81H56N2. The van der Waals surface area contributed by atoms with Crippen LogP contribution in [0.15, 0.2) is 340 Å². The summed E-state index contributed by atoms with van der Waals surface area (Å²) < 4.78 is 0. The van der Waals surface area contributed by atoms with E-state index in [4.69, 9.17) is 0 Å². The summed E-state index contributed by atoms with van der Waals surface area (Å²) >= 11 is 0. The lowest BCUT2D eigenvalue weighted by atomic mass is 9.67. The average molecular weight is 1060 g/mol. The predicted molar refractivity (Wildman–Crippen MR) is 350 cm³/mol. The smallest absolute Gasteiger partial charge is 0.0714 e. The number of rotatable bonds is 12. The number of benzene rings is 14. The molecule has 0 heterocycles. The molecule has 14 aromatic rings. The molecule has 83 heavy (non-hydrogen) atoms. The van der Waals surface area contributed by atoms with E-state index in [9.17, 15) is 0 Å². The quantitative estimate of drug-likeness (QED) is 0.120. The Morgan fingerprint density at radius 3 is 1.22 bits per heavy atom. The third-order valence-electron chi connectivity index (χ3n) is 16.9. The zero-order valence-corrected chi connectivity index (χ0v) is 45.7. The van der Waals surface area contributed by atoms with Gasteiger partial charge in [0.2, 0.25) is 0 Å². The maximum atomic E-state index is 2.49. The predicted octanol–water partition coefficient (Wildman–Crippen LogP) is 22.0. The van der Waals surface area contributed by atoms with E-state index in [0.29, 0.717) is 0 Å². The first kappa shape index (κ1) is 49.3. The third-order valence-corrected chi connectivity index (χ3v) is 16.9. The van der Waals surface area contributed by atoms with Gasteiger partial charge in [0, 0.05) is 34.0 Å². The first-order valence-corrected chi connectivity index (χ1v) is 28.7. The van der Waals surface area contributed by atoms with Gasteiger partial charge in [0.1, 0.15) is 0 Å². The number of fused-ring (bicyclic) bond motifs is 5. The monoisotopic (exact) mass is 1060 g/mol. The van der Waals surface area contributed by atoms with Gasteiger partial charge in [-0.15, -0.1) is 0 Å². The maximum absolute atomic E-state index is 2.49. The Morgan fingerprint density at radius 2 is 0.639 bits per heavy atom. The van der Waals surface area contributed by atoms with Crippen LogP contribution < -0.4 is 9.80 Å². The lowest BCUT2D eigenvalue weighted by Gasteiger charge is -2.35. The lowest BCUT2D eigenvalue weighted by molar-refractivity contribution is 0.768. The molecule has 15 rings (SSSR count). The van der Waals surface area contributed by atoms with Gasteiger partial charge in [-0.1, -0.05) is 273 Å². The van der Waals surface area contributed by atoms with Gasteiger partial charge in [-0.3, -0.25) is 0 Å². The first-order chi connectivity index (χ1) is 41.2. The van der Waals surface area contributed by atoms with Crippen LogP contribution in [0.25, 0.3) is 77.2 Å². The Labute approximate surface area is 485 Å². The summed E-state index contributed by atoms with van der Waals surface area (Å²) in [5.74, 6) is 0. The number of nitrogens with zero attached hydrogens (tertiary/aromatic N) is 2. The molecule has 0 N–H and O–H groups in total. The topological polar surface area (TPSA) is 6.48 Å². The molecule has 0 fully saturated rings. The van der Waals surface area contributed by atoms with Crippen molar-refractivity contribution in [2.75, 3.05) is 9.80 Å². The summed E-state index contributed by atoms with van der Waals surface area (Å²) in [4.78, 5) is 4.96. The summed E-state index contributed by atoms with van der Waals surface area (Å²) in [5, 5.41) is 4.78. The summed E-state index contributed by atoms with van der Waals surface area (Å²) in [6, 6.07) is 125. The second-order valence-electron chi connectivity index (χ2n) is 21.5. The Morgan fingerprint density at radius 1 is 0.217 bits per heavy atom. The molecule has 0 atom stereocenters. The standard InChI is InChI=1S/C81H56N2/c1-8-26-57(27-9-1)62-45-49-74-75-50-47-68(56-77(75)81(76(74)54-62,64-34-14-4-15-35-64)65-36-16-5-17-37-65)82(66-38-18-6-19-39-66)69-52-63(73-48-44-58-28-22-24-42-71(58)79(73)60-30-10-2-11-31-60)53-70(55-69)83(67-40-20-7-21-41-67)78-51-46-59-29-23-25-43-72(59)80(78)61-32-12-3-13-33-61/h1-56H. The number of hydrogen-bond donors (Lipinski definition) is 0. The highest BCUT2D eigenvalue weighted by molar-refractivity contribution is 6.08. The third kappa shape index (κ3) is 8.59. The summed E-state index contributed by atoms with van der Waals surface area (Å²) in [5.41, 5.74) is 22.3. The second kappa shape index (κ2) is 21.0. The highest BCUT2D eigenvalue weighted by Crippen LogP contribution is 2.58. The molecule has 390 valence electrons. The largest absolute Gasteiger partial charge is 0.310 e. The van der Waals surface area contributed by atoms with Crippen molar-refractivity contribution in [1.82, 2.24) is 0 Å². The van der Waals surface area contributed by atoms with Crippen LogP contribution in [-0.4, -0.2) is 0 Å². The van der Waals surface area contributed by atoms with Gasteiger partial charge in [-0.05, 0) is 161 Å². The molecule has 0 aromatic heterocycles. The highest BCUT2D eigenvalue weighted by atomic mass is 15.2. The van der Waals surface area contributed by atoms with Crippen LogP contribution in [0.3, 0.4) is 0 Å². The molecule has 0 amide bonds. The zero-order valence-electron chi connectivity index (χ0n) is 45.7. The van der Waals surface area contributed by atoms with E-state index < -0.39 is 5.41 Å². The van der Waals surface area contributed by atoms with Gasteiger partial charge >= 0.3 is 0 Å². The van der Waals surface area contributed by atoms with Crippen LogP contribution in [-0.2, 0) is 5.41 Å². The van der Waals surface area contributed by atoms with Gasteiger partial charge < -0.3 is 9.80 Å². The van der Waals surface area contributed by atoms with E-state index in [1.165, 1.54) is 82.7 Å². The van der Waals surface area contributed by atoms with E-state index in [-0.39, 0.29) is 0 Å². The minimum atomic E-state index is -0.660.